The Kier molecular flexibility index (Phi) is 4.91. The molecule has 28 heavy (non-hydrogen) atoms. The smallest absolute Gasteiger partial charge is 0.231 e. The molecule has 1 fully saturated rings. The molecular formula is C21H25FN4O2. The molecule has 0 radical (unpaired) electrons. The monoisotopic (exact) mass is 384 g/mol. The average Bonchev–Trinajstić information content (AvgIpc) is 3.29. The van der Waals surface area contributed by atoms with Crippen molar-refractivity contribution in [3.8, 4) is 0 Å². The quantitative estimate of drug-likeness (QED) is 0.736. The van der Waals surface area contributed by atoms with Crippen LogP contribution in [0.15, 0.2) is 22.7 Å². The lowest BCUT2D eigenvalue weighted by atomic mass is 9.97. The highest BCUT2D eigenvalue weighted by Crippen LogP contribution is 2.29. The van der Waals surface area contributed by atoms with E-state index in [1.54, 1.807) is 6.07 Å². The van der Waals surface area contributed by atoms with Gasteiger partial charge >= 0.3 is 0 Å². The largest absolute Gasteiger partial charge is 0.356 e. The van der Waals surface area contributed by atoms with Gasteiger partial charge in [0.15, 0.2) is 5.82 Å². The summed E-state index contributed by atoms with van der Waals surface area (Å²) in [5.74, 6) is 1.35. The number of likely N-dealkylation sites (tertiary alicyclic amines) is 1. The minimum absolute atomic E-state index is 0.0431. The Balaban J connectivity index is 1.50. The SMILES string of the molecule is Cc1[nH]c2c(F)cccc2c1CC(=O)N1CCC[C@H](c2nc(C(C)C)no2)C1. The van der Waals surface area contributed by atoms with Gasteiger partial charge in [0, 0.05) is 30.1 Å². The first-order valence-corrected chi connectivity index (χ1v) is 9.81. The van der Waals surface area contributed by atoms with Crippen molar-refractivity contribution in [3.63, 3.8) is 0 Å². The third kappa shape index (κ3) is 3.41. The lowest BCUT2D eigenvalue weighted by molar-refractivity contribution is -0.131. The molecular weight excluding hydrogens is 359 g/mol. The second kappa shape index (κ2) is 7.37. The first-order chi connectivity index (χ1) is 13.4. The summed E-state index contributed by atoms with van der Waals surface area (Å²) in [4.78, 5) is 22.4. The maximum atomic E-state index is 14.0. The summed E-state index contributed by atoms with van der Waals surface area (Å²) < 4.78 is 19.5. The molecule has 3 aromatic rings. The first kappa shape index (κ1) is 18.7. The Hall–Kier alpha value is -2.70. The van der Waals surface area contributed by atoms with Crippen LogP contribution in [-0.2, 0) is 11.2 Å². The molecule has 1 aliphatic heterocycles. The molecule has 0 unspecified atom stereocenters. The third-order valence-corrected chi connectivity index (χ3v) is 5.53. The predicted molar refractivity (Wildman–Crippen MR) is 104 cm³/mol. The number of aryl methyl sites for hydroxylation is 1. The normalized spacial score (nSPS) is 17.6. The summed E-state index contributed by atoms with van der Waals surface area (Å²) in [6.45, 7) is 7.23. The van der Waals surface area contributed by atoms with Crippen LogP contribution in [0.2, 0.25) is 0 Å². The minimum Gasteiger partial charge on any atom is -0.356 e. The number of carbonyl (C=O) groups is 1. The number of halogens is 1. The van der Waals surface area contributed by atoms with E-state index in [1.807, 2.05) is 31.7 Å². The second-order valence-corrected chi connectivity index (χ2v) is 7.89. The van der Waals surface area contributed by atoms with Gasteiger partial charge in [0.05, 0.1) is 17.9 Å². The highest BCUT2D eigenvalue weighted by Gasteiger charge is 2.29. The van der Waals surface area contributed by atoms with Gasteiger partial charge in [-0.2, -0.15) is 4.98 Å². The summed E-state index contributed by atoms with van der Waals surface area (Å²) in [7, 11) is 0. The number of nitrogens with one attached hydrogen (secondary N) is 1. The van der Waals surface area contributed by atoms with Crippen LogP contribution in [0.25, 0.3) is 10.9 Å². The second-order valence-electron chi connectivity index (χ2n) is 7.89. The van der Waals surface area contributed by atoms with Gasteiger partial charge < -0.3 is 14.4 Å². The van der Waals surface area contributed by atoms with Crippen LogP contribution in [0, 0.1) is 12.7 Å². The van der Waals surface area contributed by atoms with Crippen LogP contribution >= 0.6 is 0 Å². The van der Waals surface area contributed by atoms with E-state index in [4.69, 9.17) is 4.52 Å². The fraction of sp³-hybridized carbons (Fsp3) is 0.476. The van der Waals surface area contributed by atoms with Gasteiger partial charge in [0.2, 0.25) is 11.8 Å². The summed E-state index contributed by atoms with van der Waals surface area (Å²) in [5, 5.41) is 4.82. The molecule has 6 nitrogen and oxygen atoms in total. The van der Waals surface area contributed by atoms with Crippen LogP contribution in [0.3, 0.4) is 0 Å². The van der Waals surface area contributed by atoms with Gasteiger partial charge in [0.1, 0.15) is 5.82 Å². The molecule has 1 atom stereocenters. The van der Waals surface area contributed by atoms with E-state index >= 15 is 0 Å². The molecule has 1 saturated heterocycles. The topological polar surface area (TPSA) is 75.0 Å². The minimum atomic E-state index is -0.297. The molecule has 1 amide bonds. The number of amides is 1. The number of hydrogen-bond acceptors (Lipinski definition) is 4. The predicted octanol–water partition coefficient (Wildman–Crippen LogP) is 4.07. The summed E-state index contributed by atoms with van der Waals surface area (Å²) in [6, 6.07) is 4.96. The van der Waals surface area contributed by atoms with E-state index in [1.165, 1.54) is 6.07 Å². The maximum absolute atomic E-state index is 14.0. The fourth-order valence-corrected chi connectivity index (χ4v) is 3.91. The summed E-state index contributed by atoms with van der Waals surface area (Å²) in [5.41, 5.74) is 2.16. The number of para-hydroxylation sites is 1. The van der Waals surface area contributed by atoms with Crippen LogP contribution in [0.4, 0.5) is 4.39 Å². The lowest BCUT2D eigenvalue weighted by Gasteiger charge is -2.31. The van der Waals surface area contributed by atoms with E-state index in [0.717, 1.165) is 36.0 Å². The Morgan fingerprint density at radius 2 is 2.25 bits per heavy atom. The molecule has 148 valence electrons. The molecule has 1 aromatic carbocycles. The van der Waals surface area contributed by atoms with E-state index in [2.05, 4.69) is 15.1 Å². The zero-order chi connectivity index (χ0) is 19.8. The first-order valence-electron chi connectivity index (χ1n) is 9.81. The van der Waals surface area contributed by atoms with Crippen LogP contribution in [0.5, 0.6) is 0 Å². The molecule has 0 saturated carbocycles. The van der Waals surface area contributed by atoms with E-state index in [0.29, 0.717) is 23.8 Å². The molecule has 3 heterocycles. The Morgan fingerprint density at radius 3 is 3.00 bits per heavy atom. The number of hydrogen-bond donors (Lipinski definition) is 1. The molecule has 2 aromatic heterocycles. The number of benzene rings is 1. The van der Waals surface area contributed by atoms with Gasteiger partial charge in [0.25, 0.3) is 0 Å². The molecule has 1 N–H and O–H groups in total. The number of rotatable bonds is 4. The van der Waals surface area contributed by atoms with Crippen molar-refractivity contribution in [2.45, 2.75) is 51.9 Å². The van der Waals surface area contributed by atoms with Crippen molar-refractivity contribution in [1.82, 2.24) is 20.0 Å². The Morgan fingerprint density at radius 1 is 1.43 bits per heavy atom. The number of nitrogens with zero attached hydrogens (tertiary/aromatic N) is 3. The molecule has 0 spiro atoms. The van der Waals surface area contributed by atoms with Gasteiger partial charge in [-0.1, -0.05) is 31.1 Å². The van der Waals surface area contributed by atoms with Gasteiger partial charge in [-0.05, 0) is 31.4 Å². The number of carbonyl (C=O) groups excluding carboxylic acids is 1. The van der Waals surface area contributed by atoms with Gasteiger partial charge in [-0.3, -0.25) is 4.79 Å². The number of piperidine rings is 1. The summed E-state index contributed by atoms with van der Waals surface area (Å²) in [6.07, 6.45) is 2.08. The standard InChI is InChI=1S/C21H25FN4O2/c1-12(2)20-24-21(28-25-20)14-6-5-9-26(11-14)18(27)10-16-13(3)23-19-15(16)7-4-8-17(19)22/h4,7-8,12,14,23H,5-6,9-11H2,1-3H3/t14-/m0/s1. The highest BCUT2D eigenvalue weighted by atomic mass is 19.1. The van der Waals surface area contributed by atoms with Crippen LogP contribution in [0.1, 0.15) is 61.5 Å². The average molecular weight is 384 g/mol. The summed E-state index contributed by atoms with van der Waals surface area (Å²) >= 11 is 0. The van der Waals surface area contributed by atoms with Gasteiger partial charge in [-0.15, -0.1) is 0 Å². The van der Waals surface area contributed by atoms with Gasteiger partial charge in [-0.25, -0.2) is 4.39 Å². The third-order valence-electron chi connectivity index (χ3n) is 5.53. The Bertz CT molecular complexity index is 1010. The maximum Gasteiger partial charge on any atom is 0.231 e. The fourth-order valence-electron chi connectivity index (χ4n) is 3.91. The zero-order valence-corrected chi connectivity index (χ0v) is 16.5. The van der Waals surface area contributed by atoms with E-state index < -0.39 is 0 Å². The number of H-pyrrole nitrogens is 1. The highest BCUT2D eigenvalue weighted by molar-refractivity contribution is 5.90. The van der Waals surface area contributed by atoms with Crippen molar-refractivity contribution < 1.29 is 13.7 Å². The molecule has 1 aliphatic rings. The van der Waals surface area contributed by atoms with E-state index in [-0.39, 0.29) is 30.0 Å². The Labute approximate surface area is 163 Å². The van der Waals surface area contributed by atoms with Crippen molar-refractivity contribution in [2.24, 2.45) is 0 Å². The molecule has 7 heteroatoms. The van der Waals surface area contributed by atoms with E-state index in [9.17, 15) is 9.18 Å². The van der Waals surface area contributed by atoms with Crippen molar-refractivity contribution in [3.05, 3.63) is 47.0 Å². The van der Waals surface area contributed by atoms with Crippen molar-refractivity contribution >= 4 is 16.8 Å². The number of aromatic amines is 1. The molecule has 0 aliphatic carbocycles. The number of fused-ring (bicyclic) bond motifs is 1. The lowest BCUT2D eigenvalue weighted by Crippen LogP contribution is -2.40. The van der Waals surface area contributed by atoms with Crippen LogP contribution < -0.4 is 0 Å². The van der Waals surface area contributed by atoms with Crippen molar-refractivity contribution in [1.29, 1.82) is 0 Å². The number of aromatic nitrogens is 3. The molecule has 4 rings (SSSR count). The zero-order valence-electron chi connectivity index (χ0n) is 16.5. The van der Waals surface area contributed by atoms with Crippen molar-refractivity contribution in [2.75, 3.05) is 13.1 Å². The van der Waals surface area contributed by atoms with Crippen LogP contribution in [-0.4, -0.2) is 39.0 Å². The molecule has 0 bridgehead atoms.